The standard InChI is InChI=1S/C14H18N2O4S/c1-3-19-12-6-4-11(5-7-12)14-15-10(2)13(21-14)8-9-20-16(17)18/h4-7,17-18H,3,8-9H2,1-2H3. The Morgan fingerprint density at radius 2 is 1.95 bits per heavy atom. The monoisotopic (exact) mass is 310 g/mol. The fourth-order valence-corrected chi connectivity index (χ4v) is 2.91. The second-order valence-corrected chi connectivity index (χ2v) is 5.40. The molecule has 0 aliphatic heterocycles. The van der Waals surface area contributed by atoms with Crippen LogP contribution in [0.15, 0.2) is 24.3 Å². The van der Waals surface area contributed by atoms with Crippen molar-refractivity contribution in [2.45, 2.75) is 20.3 Å². The second kappa shape index (κ2) is 7.48. The molecule has 114 valence electrons. The van der Waals surface area contributed by atoms with Gasteiger partial charge in [-0.2, -0.15) is 0 Å². The van der Waals surface area contributed by atoms with Gasteiger partial charge in [0.2, 0.25) is 0 Å². The van der Waals surface area contributed by atoms with Crippen LogP contribution < -0.4 is 4.74 Å². The summed E-state index contributed by atoms with van der Waals surface area (Å²) in [7, 11) is 0. The van der Waals surface area contributed by atoms with E-state index in [4.69, 9.17) is 15.2 Å². The summed E-state index contributed by atoms with van der Waals surface area (Å²) in [5, 5.41) is 17.6. The van der Waals surface area contributed by atoms with Gasteiger partial charge in [0.25, 0.3) is 0 Å². The van der Waals surface area contributed by atoms with Crippen LogP contribution in [0.3, 0.4) is 0 Å². The molecule has 2 aromatic rings. The Hall–Kier alpha value is -1.51. The molecule has 7 heteroatoms. The Kier molecular flexibility index (Phi) is 5.66. The molecule has 0 aliphatic rings. The predicted octanol–water partition coefficient (Wildman–Crippen LogP) is 3.07. The second-order valence-electron chi connectivity index (χ2n) is 4.32. The van der Waals surface area contributed by atoms with Crippen LogP contribution in [0.4, 0.5) is 0 Å². The Morgan fingerprint density at radius 1 is 1.24 bits per heavy atom. The third kappa shape index (κ3) is 4.48. The minimum atomic E-state index is -0.274. The van der Waals surface area contributed by atoms with Crippen molar-refractivity contribution in [2.24, 2.45) is 0 Å². The lowest BCUT2D eigenvalue weighted by molar-refractivity contribution is -0.492. The number of hydrogen-bond donors (Lipinski definition) is 2. The lowest BCUT2D eigenvalue weighted by Crippen LogP contribution is -2.16. The van der Waals surface area contributed by atoms with E-state index >= 15 is 0 Å². The molecule has 2 rings (SSSR count). The van der Waals surface area contributed by atoms with Gasteiger partial charge in [0.05, 0.1) is 24.3 Å². The number of rotatable bonds is 7. The van der Waals surface area contributed by atoms with Gasteiger partial charge in [0.15, 0.2) is 0 Å². The lowest BCUT2D eigenvalue weighted by Gasteiger charge is -2.04. The molecule has 21 heavy (non-hydrogen) atoms. The predicted molar refractivity (Wildman–Crippen MR) is 78.5 cm³/mol. The van der Waals surface area contributed by atoms with E-state index < -0.39 is 0 Å². The zero-order valence-corrected chi connectivity index (χ0v) is 12.8. The summed E-state index contributed by atoms with van der Waals surface area (Å²) < 4.78 is 5.42. The summed E-state index contributed by atoms with van der Waals surface area (Å²) in [5.41, 5.74) is 1.96. The number of benzene rings is 1. The van der Waals surface area contributed by atoms with Gasteiger partial charge in [-0.15, -0.1) is 11.3 Å². The smallest absolute Gasteiger partial charge is 0.123 e. The Bertz CT molecular complexity index is 569. The molecule has 0 aliphatic carbocycles. The van der Waals surface area contributed by atoms with Gasteiger partial charge in [-0.1, -0.05) is 0 Å². The van der Waals surface area contributed by atoms with E-state index in [2.05, 4.69) is 9.82 Å². The molecule has 0 atom stereocenters. The Morgan fingerprint density at radius 3 is 2.57 bits per heavy atom. The topological polar surface area (TPSA) is 75.1 Å². The number of aryl methyl sites for hydroxylation is 1. The average molecular weight is 310 g/mol. The van der Waals surface area contributed by atoms with Crippen molar-refractivity contribution < 1.29 is 20.0 Å². The fourth-order valence-electron chi connectivity index (χ4n) is 1.86. The SMILES string of the molecule is CCOc1ccc(-c2nc(C)c(CCON(O)O)s2)cc1. The third-order valence-electron chi connectivity index (χ3n) is 2.84. The third-order valence-corrected chi connectivity index (χ3v) is 4.11. The molecule has 6 nitrogen and oxygen atoms in total. The molecule has 0 fully saturated rings. The molecule has 1 aromatic carbocycles. The Balaban J connectivity index is 2.06. The minimum absolute atomic E-state index is 0.179. The quantitative estimate of drug-likeness (QED) is 0.766. The van der Waals surface area contributed by atoms with Gasteiger partial charge in [0.1, 0.15) is 10.8 Å². The zero-order chi connectivity index (χ0) is 15.2. The maximum absolute atomic E-state index is 8.50. The molecule has 0 spiro atoms. The first-order valence-corrected chi connectivity index (χ1v) is 7.42. The first-order valence-electron chi connectivity index (χ1n) is 6.60. The molecule has 2 N–H and O–H groups in total. The molecule has 0 radical (unpaired) electrons. The van der Waals surface area contributed by atoms with Gasteiger partial charge < -0.3 is 4.74 Å². The van der Waals surface area contributed by atoms with E-state index in [1.54, 1.807) is 11.3 Å². The number of aromatic nitrogens is 1. The van der Waals surface area contributed by atoms with E-state index in [1.165, 1.54) is 0 Å². The van der Waals surface area contributed by atoms with Crippen molar-refractivity contribution in [3.63, 3.8) is 0 Å². The van der Waals surface area contributed by atoms with E-state index in [9.17, 15) is 0 Å². The number of ether oxygens (including phenoxy) is 1. The fraction of sp³-hybridized carbons (Fsp3) is 0.357. The van der Waals surface area contributed by atoms with E-state index in [0.717, 1.165) is 26.9 Å². The molecule has 0 saturated carbocycles. The highest BCUT2D eigenvalue weighted by Gasteiger charge is 2.10. The summed E-state index contributed by atoms with van der Waals surface area (Å²) in [6.07, 6.45) is 0.568. The molecule has 0 amide bonds. The van der Waals surface area contributed by atoms with Crippen molar-refractivity contribution in [3.8, 4) is 16.3 Å². The van der Waals surface area contributed by atoms with Crippen LogP contribution in [0.1, 0.15) is 17.5 Å². The average Bonchev–Trinajstić information content (AvgIpc) is 2.81. The first kappa shape index (κ1) is 15.9. The zero-order valence-electron chi connectivity index (χ0n) is 11.9. The number of hydrogen-bond acceptors (Lipinski definition) is 7. The van der Waals surface area contributed by atoms with Gasteiger partial charge in [0, 0.05) is 16.9 Å². The molecular weight excluding hydrogens is 292 g/mol. The van der Waals surface area contributed by atoms with Crippen molar-refractivity contribution >= 4 is 11.3 Å². The van der Waals surface area contributed by atoms with Crippen LogP contribution in [0, 0.1) is 6.92 Å². The summed E-state index contributed by atoms with van der Waals surface area (Å²) in [6.45, 7) is 4.71. The normalized spacial score (nSPS) is 11.1. The van der Waals surface area contributed by atoms with Gasteiger partial charge in [-0.25, -0.2) is 4.98 Å². The van der Waals surface area contributed by atoms with Gasteiger partial charge >= 0.3 is 0 Å². The lowest BCUT2D eigenvalue weighted by atomic mass is 10.2. The molecule has 1 heterocycles. The molecular formula is C14H18N2O4S. The first-order chi connectivity index (χ1) is 10.1. The van der Waals surface area contributed by atoms with E-state index in [0.29, 0.717) is 13.0 Å². The number of thiazole rings is 1. The molecule has 0 unspecified atom stereocenters. The van der Waals surface area contributed by atoms with Crippen LogP contribution in [-0.4, -0.2) is 34.0 Å². The maximum Gasteiger partial charge on any atom is 0.123 e. The van der Waals surface area contributed by atoms with Crippen molar-refractivity contribution in [2.75, 3.05) is 13.2 Å². The molecule has 1 aromatic heterocycles. The van der Waals surface area contributed by atoms with E-state index in [-0.39, 0.29) is 12.0 Å². The van der Waals surface area contributed by atoms with Crippen LogP contribution in [0.5, 0.6) is 5.75 Å². The van der Waals surface area contributed by atoms with Crippen LogP contribution in [0.25, 0.3) is 10.6 Å². The van der Waals surface area contributed by atoms with Crippen LogP contribution in [0.2, 0.25) is 0 Å². The van der Waals surface area contributed by atoms with Crippen molar-refractivity contribution in [3.05, 3.63) is 34.8 Å². The van der Waals surface area contributed by atoms with Gasteiger partial charge in [-0.3, -0.25) is 15.3 Å². The minimum Gasteiger partial charge on any atom is -0.494 e. The highest BCUT2D eigenvalue weighted by Crippen LogP contribution is 2.29. The summed E-state index contributed by atoms with van der Waals surface area (Å²) >= 11 is 1.57. The number of nitrogens with zero attached hydrogens (tertiary/aromatic N) is 2. The largest absolute Gasteiger partial charge is 0.494 e. The highest BCUT2D eigenvalue weighted by atomic mass is 32.1. The van der Waals surface area contributed by atoms with Crippen LogP contribution >= 0.6 is 11.3 Å². The van der Waals surface area contributed by atoms with Crippen LogP contribution in [-0.2, 0) is 11.3 Å². The van der Waals surface area contributed by atoms with Crippen molar-refractivity contribution in [1.29, 1.82) is 0 Å². The highest BCUT2D eigenvalue weighted by molar-refractivity contribution is 7.15. The van der Waals surface area contributed by atoms with Gasteiger partial charge in [-0.05, 0) is 38.1 Å². The summed E-state index contributed by atoms with van der Waals surface area (Å²) in [5.74, 6) is 0.842. The summed E-state index contributed by atoms with van der Waals surface area (Å²) in [4.78, 5) is 10.2. The molecule has 0 saturated heterocycles. The van der Waals surface area contributed by atoms with Crippen molar-refractivity contribution in [1.82, 2.24) is 10.4 Å². The molecule has 0 bridgehead atoms. The summed E-state index contributed by atoms with van der Waals surface area (Å²) in [6, 6.07) is 7.81. The maximum atomic E-state index is 8.50. The Labute approximate surface area is 127 Å². The van der Waals surface area contributed by atoms with E-state index in [1.807, 2.05) is 38.1 Å².